The summed E-state index contributed by atoms with van der Waals surface area (Å²) in [5.74, 6) is -3.50. The number of carbonyl (C=O) groups excluding carboxylic acids is 1. The lowest BCUT2D eigenvalue weighted by Gasteiger charge is -2.19. The highest BCUT2D eigenvalue weighted by Crippen LogP contribution is 2.26. The Hall–Kier alpha value is -1.85. The minimum absolute atomic E-state index is 0.0301. The monoisotopic (exact) mass is 258 g/mol. The predicted molar refractivity (Wildman–Crippen MR) is 63.0 cm³/mol. The molecule has 0 atom stereocenters. The van der Waals surface area contributed by atoms with Crippen molar-refractivity contribution < 1.29 is 29.3 Å². The summed E-state index contributed by atoms with van der Waals surface area (Å²) in [6, 6.07) is 0. The fraction of sp³-hybridized carbons (Fsp3) is 0.583. The SMILES string of the molecule is C=C(CCC(C)(C(=O)O)C(=O)O)C(=O)OCCC. The molecule has 0 bridgehead atoms. The molecule has 0 saturated heterocycles. The molecule has 0 aromatic carbocycles. The van der Waals surface area contributed by atoms with Crippen LogP contribution in [0.1, 0.15) is 33.1 Å². The van der Waals surface area contributed by atoms with E-state index in [4.69, 9.17) is 14.9 Å². The highest BCUT2D eigenvalue weighted by atomic mass is 16.5. The number of hydrogen-bond acceptors (Lipinski definition) is 4. The summed E-state index contributed by atoms with van der Waals surface area (Å²) in [6.45, 7) is 6.66. The molecule has 18 heavy (non-hydrogen) atoms. The number of carboxylic acids is 2. The highest BCUT2D eigenvalue weighted by Gasteiger charge is 2.41. The lowest BCUT2D eigenvalue weighted by atomic mass is 9.84. The van der Waals surface area contributed by atoms with Crippen LogP contribution in [0.15, 0.2) is 12.2 Å². The smallest absolute Gasteiger partial charge is 0.333 e. The molecule has 0 rings (SSSR count). The van der Waals surface area contributed by atoms with Crippen molar-refractivity contribution in [2.75, 3.05) is 6.61 Å². The topological polar surface area (TPSA) is 101 Å². The van der Waals surface area contributed by atoms with Gasteiger partial charge in [0.25, 0.3) is 0 Å². The quantitative estimate of drug-likeness (QED) is 0.388. The second kappa shape index (κ2) is 6.78. The van der Waals surface area contributed by atoms with Crippen molar-refractivity contribution in [1.29, 1.82) is 0 Å². The maximum absolute atomic E-state index is 11.3. The summed E-state index contributed by atoms with van der Waals surface area (Å²) in [5, 5.41) is 17.7. The molecule has 0 aliphatic heterocycles. The Kier molecular flexibility index (Phi) is 6.08. The first-order valence-electron chi connectivity index (χ1n) is 5.57. The van der Waals surface area contributed by atoms with E-state index in [1.807, 2.05) is 6.92 Å². The predicted octanol–water partition coefficient (Wildman–Crippen LogP) is 1.45. The van der Waals surface area contributed by atoms with Crippen LogP contribution in [0.3, 0.4) is 0 Å². The Morgan fingerprint density at radius 2 is 1.72 bits per heavy atom. The van der Waals surface area contributed by atoms with Crippen molar-refractivity contribution in [1.82, 2.24) is 0 Å². The number of carboxylic acid groups (broad SMARTS) is 2. The first-order chi connectivity index (χ1) is 8.25. The number of hydrogen-bond donors (Lipinski definition) is 2. The highest BCUT2D eigenvalue weighted by molar-refractivity contribution is 5.98. The van der Waals surface area contributed by atoms with Crippen molar-refractivity contribution in [3.8, 4) is 0 Å². The Morgan fingerprint density at radius 3 is 2.11 bits per heavy atom. The molecule has 2 N–H and O–H groups in total. The van der Waals surface area contributed by atoms with E-state index in [0.29, 0.717) is 6.42 Å². The molecular formula is C12H18O6. The standard InChI is InChI=1S/C12H18O6/c1-4-7-18-9(13)8(2)5-6-12(3,10(14)15)11(16)17/h2,4-7H2,1,3H3,(H,14,15)(H,16,17). The van der Waals surface area contributed by atoms with Gasteiger partial charge in [-0.15, -0.1) is 0 Å². The average Bonchev–Trinajstić information content (AvgIpc) is 2.31. The van der Waals surface area contributed by atoms with E-state index in [1.165, 1.54) is 0 Å². The molecule has 6 heteroatoms. The van der Waals surface area contributed by atoms with E-state index in [-0.39, 0.29) is 25.0 Å². The number of aliphatic carboxylic acids is 2. The van der Waals surface area contributed by atoms with E-state index in [9.17, 15) is 14.4 Å². The third-order valence-corrected chi connectivity index (χ3v) is 2.60. The van der Waals surface area contributed by atoms with Gasteiger partial charge in [-0.2, -0.15) is 0 Å². The normalized spacial score (nSPS) is 10.8. The largest absolute Gasteiger partial charge is 0.480 e. The van der Waals surface area contributed by atoms with Gasteiger partial charge in [-0.25, -0.2) is 4.79 Å². The lowest BCUT2D eigenvalue weighted by Crippen LogP contribution is -2.36. The van der Waals surface area contributed by atoms with Gasteiger partial charge in [0.2, 0.25) is 0 Å². The Balaban J connectivity index is 4.46. The molecule has 0 aliphatic carbocycles. The zero-order chi connectivity index (χ0) is 14.3. The molecule has 0 aromatic rings. The number of ether oxygens (including phenoxy) is 1. The van der Waals surface area contributed by atoms with Gasteiger partial charge in [0.05, 0.1) is 6.61 Å². The minimum atomic E-state index is -1.92. The molecule has 0 heterocycles. The van der Waals surface area contributed by atoms with Gasteiger partial charge in [0.1, 0.15) is 0 Å². The summed E-state index contributed by atoms with van der Waals surface area (Å²) in [4.78, 5) is 33.1. The molecule has 0 aromatic heterocycles. The first kappa shape index (κ1) is 16.1. The van der Waals surface area contributed by atoms with Crippen LogP contribution >= 0.6 is 0 Å². The van der Waals surface area contributed by atoms with Gasteiger partial charge in [0.15, 0.2) is 5.41 Å². The summed E-state index contributed by atoms with van der Waals surface area (Å²) in [7, 11) is 0. The van der Waals surface area contributed by atoms with E-state index in [0.717, 1.165) is 6.92 Å². The number of esters is 1. The Bertz CT molecular complexity index is 344. The lowest BCUT2D eigenvalue weighted by molar-refractivity contribution is -0.164. The molecule has 0 fully saturated rings. The third kappa shape index (κ3) is 4.20. The van der Waals surface area contributed by atoms with Gasteiger partial charge in [0, 0.05) is 5.57 Å². The maximum Gasteiger partial charge on any atom is 0.333 e. The molecular weight excluding hydrogens is 240 g/mol. The maximum atomic E-state index is 11.3. The summed E-state index contributed by atoms with van der Waals surface area (Å²) >= 11 is 0. The van der Waals surface area contributed by atoms with Crippen LogP contribution < -0.4 is 0 Å². The summed E-state index contributed by atoms with van der Waals surface area (Å²) < 4.78 is 4.81. The van der Waals surface area contributed by atoms with Crippen LogP contribution in [-0.4, -0.2) is 34.7 Å². The molecule has 6 nitrogen and oxygen atoms in total. The summed E-state index contributed by atoms with van der Waals surface area (Å²) in [6.07, 6.45) is 0.427. The Labute approximate surface area is 105 Å². The average molecular weight is 258 g/mol. The molecule has 102 valence electrons. The number of carbonyl (C=O) groups is 3. The van der Waals surface area contributed by atoms with E-state index >= 15 is 0 Å². The van der Waals surface area contributed by atoms with Gasteiger partial charge >= 0.3 is 17.9 Å². The second-order valence-corrected chi connectivity index (χ2v) is 4.18. The van der Waals surface area contributed by atoms with Crippen molar-refractivity contribution in [3.63, 3.8) is 0 Å². The third-order valence-electron chi connectivity index (χ3n) is 2.60. The van der Waals surface area contributed by atoms with Crippen molar-refractivity contribution in [3.05, 3.63) is 12.2 Å². The van der Waals surface area contributed by atoms with Gasteiger partial charge in [-0.3, -0.25) is 9.59 Å². The van der Waals surface area contributed by atoms with Crippen LogP contribution in [0.2, 0.25) is 0 Å². The molecule has 0 unspecified atom stereocenters. The van der Waals surface area contributed by atoms with Crippen molar-refractivity contribution in [2.24, 2.45) is 5.41 Å². The molecule has 0 radical (unpaired) electrons. The van der Waals surface area contributed by atoms with Gasteiger partial charge < -0.3 is 14.9 Å². The minimum Gasteiger partial charge on any atom is -0.480 e. The molecule has 0 saturated carbocycles. The van der Waals surface area contributed by atoms with Crippen LogP contribution in [0, 0.1) is 5.41 Å². The van der Waals surface area contributed by atoms with Crippen LogP contribution in [0.25, 0.3) is 0 Å². The van der Waals surface area contributed by atoms with E-state index < -0.39 is 23.3 Å². The fourth-order valence-corrected chi connectivity index (χ4v) is 1.11. The molecule has 0 amide bonds. The van der Waals surface area contributed by atoms with E-state index in [1.54, 1.807) is 0 Å². The Morgan fingerprint density at radius 1 is 1.22 bits per heavy atom. The van der Waals surface area contributed by atoms with E-state index in [2.05, 4.69) is 6.58 Å². The zero-order valence-electron chi connectivity index (χ0n) is 10.6. The zero-order valence-corrected chi connectivity index (χ0v) is 10.6. The molecule has 0 aliphatic rings. The van der Waals surface area contributed by atoms with Crippen LogP contribution in [-0.2, 0) is 19.1 Å². The molecule has 0 spiro atoms. The van der Waals surface area contributed by atoms with Gasteiger partial charge in [-0.1, -0.05) is 13.5 Å². The van der Waals surface area contributed by atoms with Crippen LogP contribution in [0.4, 0.5) is 0 Å². The van der Waals surface area contributed by atoms with Gasteiger partial charge in [-0.05, 0) is 26.2 Å². The fourth-order valence-electron chi connectivity index (χ4n) is 1.11. The van der Waals surface area contributed by atoms with Crippen molar-refractivity contribution in [2.45, 2.75) is 33.1 Å². The van der Waals surface area contributed by atoms with Crippen molar-refractivity contribution >= 4 is 17.9 Å². The van der Waals surface area contributed by atoms with Crippen LogP contribution in [0.5, 0.6) is 0 Å². The number of rotatable bonds is 8. The first-order valence-corrected chi connectivity index (χ1v) is 5.57. The summed E-state index contributed by atoms with van der Waals surface area (Å²) in [5.41, 5.74) is -1.84. The second-order valence-electron chi connectivity index (χ2n) is 4.18.